The maximum absolute atomic E-state index is 14.2. The molecule has 0 amide bonds. The van der Waals surface area contributed by atoms with Crippen LogP contribution in [0.1, 0.15) is 24.0 Å². The summed E-state index contributed by atoms with van der Waals surface area (Å²) in [6, 6.07) is 12.1. The van der Waals surface area contributed by atoms with Crippen molar-refractivity contribution in [2.45, 2.75) is 36.9 Å². The number of nitrogens with zero attached hydrogens (tertiary/aromatic N) is 1. The fraction of sp³-hybridized carbons (Fsp3) is 0.333. The highest BCUT2D eigenvalue weighted by molar-refractivity contribution is 7.89. The van der Waals surface area contributed by atoms with E-state index < -0.39 is 15.8 Å². The van der Waals surface area contributed by atoms with Gasteiger partial charge in [-0.3, -0.25) is 4.90 Å². The van der Waals surface area contributed by atoms with E-state index in [1.54, 1.807) is 6.07 Å². The van der Waals surface area contributed by atoms with Gasteiger partial charge in [-0.1, -0.05) is 30.3 Å². The van der Waals surface area contributed by atoms with Crippen molar-refractivity contribution < 1.29 is 17.9 Å². The zero-order valence-corrected chi connectivity index (χ0v) is 16.8. The molecule has 29 heavy (non-hydrogen) atoms. The number of hydrogen-bond donors (Lipinski definition) is 3. The van der Waals surface area contributed by atoms with E-state index in [-0.39, 0.29) is 22.9 Å². The summed E-state index contributed by atoms with van der Waals surface area (Å²) in [4.78, 5) is 4.99. The molecule has 0 atom stereocenters. The average molecular weight is 418 g/mol. The summed E-state index contributed by atoms with van der Waals surface area (Å²) in [6.07, 6.45) is 2.59. The maximum atomic E-state index is 14.2. The van der Waals surface area contributed by atoms with Crippen molar-refractivity contribution >= 4 is 20.9 Å². The van der Waals surface area contributed by atoms with Crippen molar-refractivity contribution in [1.82, 2.24) is 14.6 Å². The third-order valence-corrected chi connectivity index (χ3v) is 6.86. The summed E-state index contributed by atoms with van der Waals surface area (Å²) >= 11 is 0. The van der Waals surface area contributed by atoms with Gasteiger partial charge in [0.15, 0.2) is 0 Å². The van der Waals surface area contributed by atoms with E-state index in [1.807, 2.05) is 24.3 Å². The molecule has 3 aromatic rings. The molecule has 0 saturated carbocycles. The molecule has 3 N–H and O–H groups in total. The van der Waals surface area contributed by atoms with E-state index in [0.29, 0.717) is 12.1 Å². The van der Waals surface area contributed by atoms with Crippen LogP contribution in [0.4, 0.5) is 4.39 Å². The SMILES string of the molecule is O=S(=O)(NCc1ccccc1CN1CCC(O)CC1)c1c[nH]c2cccc(F)c12. The molecule has 0 bridgehead atoms. The van der Waals surface area contributed by atoms with Gasteiger partial charge in [0.05, 0.1) is 11.5 Å². The lowest BCUT2D eigenvalue weighted by atomic mass is 10.0. The zero-order chi connectivity index (χ0) is 20.4. The Bertz CT molecular complexity index is 1110. The number of benzene rings is 2. The van der Waals surface area contributed by atoms with Crippen LogP contribution in [0.15, 0.2) is 53.6 Å². The molecule has 6 nitrogen and oxygen atoms in total. The summed E-state index contributed by atoms with van der Waals surface area (Å²) in [5.41, 5.74) is 2.36. The zero-order valence-electron chi connectivity index (χ0n) is 15.9. The smallest absolute Gasteiger partial charge is 0.243 e. The Morgan fingerprint density at radius 2 is 1.83 bits per heavy atom. The number of piperidine rings is 1. The minimum atomic E-state index is -3.89. The van der Waals surface area contributed by atoms with Crippen molar-refractivity contribution in [2.75, 3.05) is 13.1 Å². The van der Waals surface area contributed by atoms with Gasteiger partial charge in [0.1, 0.15) is 10.7 Å². The first-order valence-electron chi connectivity index (χ1n) is 9.66. The topological polar surface area (TPSA) is 85.4 Å². The molecule has 1 aliphatic heterocycles. The van der Waals surface area contributed by atoms with Crippen molar-refractivity contribution in [3.05, 3.63) is 65.6 Å². The van der Waals surface area contributed by atoms with Gasteiger partial charge >= 0.3 is 0 Å². The Morgan fingerprint density at radius 1 is 1.10 bits per heavy atom. The maximum Gasteiger partial charge on any atom is 0.243 e. The van der Waals surface area contributed by atoms with Gasteiger partial charge in [-0.2, -0.15) is 0 Å². The second kappa shape index (κ2) is 8.23. The van der Waals surface area contributed by atoms with Crippen molar-refractivity contribution in [3.63, 3.8) is 0 Å². The highest BCUT2D eigenvalue weighted by Crippen LogP contribution is 2.25. The minimum absolute atomic E-state index is 0.0696. The van der Waals surface area contributed by atoms with Crippen LogP contribution in [0.2, 0.25) is 0 Å². The van der Waals surface area contributed by atoms with Crippen LogP contribution in [-0.4, -0.2) is 42.6 Å². The number of halogens is 1. The molecule has 1 saturated heterocycles. The molecule has 0 aliphatic carbocycles. The van der Waals surface area contributed by atoms with Gasteiger partial charge in [0.2, 0.25) is 10.0 Å². The Labute approximate surface area is 169 Å². The van der Waals surface area contributed by atoms with E-state index >= 15 is 0 Å². The highest BCUT2D eigenvalue weighted by atomic mass is 32.2. The number of nitrogens with one attached hydrogen (secondary N) is 2. The molecule has 0 radical (unpaired) electrons. The molecule has 1 aliphatic rings. The molecule has 1 aromatic heterocycles. The summed E-state index contributed by atoms with van der Waals surface area (Å²) < 4.78 is 42.5. The van der Waals surface area contributed by atoms with Crippen molar-refractivity contribution in [2.24, 2.45) is 0 Å². The van der Waals surface area contributed by atoms with Crippen LogP contribution in [0.5, 0.6) is 0 Å². The fourth-order valence-electron chi connectivity index (χ4n) is 3.78. The predicted molar refractivity (Wildman–Crippen MR) is 109 cm³/mol. The first-order valence-corrected chi connectivity index (χ1v) is 11.1. The van der Waals surface area contributed by atoms with E-state index in [4.69, 9.17) is 0 Å². The standard InChI is InChI=1S/C21H24FN3O3S/c22-18-6-3-7-19-21(18)20(13-23-19)29(27,28)24-12-15-4-1-2-5-16(15)14-25-10-8-17(26)9-11-25/h1-7,13,17,23-24,26H,8-12,14H2. The first kappa shape index (κ1) is 20.0. The number of fused-ring (bicyclic) bond motifs is 1. The second-order valence-electron chi connectivity index (χ2n) is 7.42. The molecule has 0 spiro atoms. The number of likely N-dealkylation sites (tertiary alicyclic amines) is 1. The van der Waals surface area contributed by atoms with E-state index in [0.717, 1.165) is 37.1 Å². The van der Waals surface area contributed by atoms with Gasteiger partial charge in [-0.25, -0.2) is 17.5 Å². The quantitative estimate of drug-likeness (QED) is 0.576. The monoisotopic (exact) mass is 417 g/mol. The van der Waals surface area contributed by atoms with Crippen LogP contribution >= 0.6 is 0 Å². The van der Waals surface area contributed by atoms with Gasteiger partial charge in [0.25, 0.3) is 0 Å². The molecule has 2 heterocycles. The molecule has 154 valence electrons. The normalized spacial score (nSPS) is 16.5. The van der Waals surface area contributed by atoms with Gasteiger partial charge in [0, 0.05) is 37.9 Å². The van der Waals surface area contributed by atoms with Crippen molar-refractivity contribution in [3.8, 4) is 0 Å². The molecular formula is C21H24FN3O3S. The number of aromatic nitrogens is 1. The number of aliphatic hydroxyl groups is 1. The summed E-state index contributed by atoms with van der Waals surface area (Å²) in [7, 11) is -3.89. The van der Waals surface area contributed by atoms with Gasteiger partial charge in [-0.15, -0.1) is 0 Å². The average Bonchev–Trinajstić information content (AvgIpc) is 3.16. The van der Waals surface area contributed by atoms with Crippen molar-refractivity contribution in [1.29, 1.82) is 0 Å². The van der Waals surface area contributed by atoms with Crippen LogP contribution in [0.3, 0.4) is 0 Å². The first-order chi connectivity index (χ1) is 13.9. The Hall–Kier alpha value is -2.26. The second-order valence-corrected chi connectivity index (χ2v) is 9.15. The summed E-state index contributed by atoms with van der Waals surface area (Å²) in [6.45, 7) is 2.45. The summed E-state index contributed by atoms with van der Waals surface area (Å²) in [5.74, 6) is -0.572. The third kappa shape index (κ3) is 4.35. The molecular weight excluding hydrogens is 393 g/mol. The van der Waals surface area contributed by atoms with Crippen LogP contribution in [0.25, 0.3) is 10.9 Å². The fourth-order valence-corrected chi connectivity index (χ4v) is 4.97. The highest BCUT2D eigenvalue weighted by Gasteiger charge is 2.22. The molecule has 1 fully saturated rings. The Balaban J connectivity index is 1.51. The third-order valence-electron chi connectivity index (χ3n) is 5.43. The molecule has 4 rings (SSSR count). The van der Waals surface area contributed by atoms with E-state index in [1.165, 1.54) is 18.3 Å². The van der Waals surface area contributed by atoms with Crippen LogP contribution in [-0.2, 0) is 23.1 Å². The predicted octanol–water partition coefficient (Wildman–Crippen LogP) is 2.74. The number of sulfonamides is 1. The van der Waals surface area contributed by atoms with Crippen LogP contribution < -0.4 is 4.72 Å². The van der Waals surface area contributed by atoms with E-state index in [2.05, 4.69) is 14.6 Å². The van der Waals surface area contributed by atoms with Crippen LogP contribution in [0, 0.1) is 5.82 Å². The number of aliphatic hydroxyl groups excluding tert-OH is 1. The van der Waals surface area contributed by atoms with Gasteiger partial charge < -0.3 is 10.1 Å². The van der Waals surface area contributed by atoms with Gasteiger partial charge in [-0.05, 0) is 36.1 Å². The lowest BCUT2D eigenvalue weighted by molar-refractivity contribution is 0.0791. The number of aromatic amines is 1. The summed E-state index contributed by atoms with van der Waals surface area (Å²) in [5, 5.41) is 9.74. The minimum Gasteiger partial charge on any atom is -0.393 e. The lowest BCUT2D eigenvalue weighted by Crippen LogP contribution is -2.35. The number of H-pyrrole nitrogens is 1. The largest absolute Gasteiger partial charge is 0.393 e. The Kier molecular flexibility index (Phi) is 5.69. The number of hydrogen-bond acceptors (Lipinski definition) is 4. The molecule has 2 aromatic carbocycles. The number of rotatable bonds is 6. The molecule has 8 heteroatoms. The lowest BCUT2D eigenvalue weighted by Gasteiger charge is -2.30. The Morgan fingerprint density at radius 3 is 2.59 bits per heavy atom. The van der Waals surface area contributed by atoms with E-state index in [9.17, 15) is 17.9 Å². The molecule has 0 unspecified atom stereocenters.